The minimum absolute atomic E-state index is 0.516. The number of benzene rings is 1. The molecule has 2 nitrogen and oxygen atoms in total. The van der Waals surface area contributed by atoms with Gasteiger partial charge in [-0.15, -0.1) is 0 Å². The van der Waals surface area contributed by atoms with Gasteiger partial charge in [0.25, 0.3) is 0 Å². The van der Waals surface area contributed by atoms with E-state index in [-0.39, 0.29) is 0 Å². The van der Waals surface area contributed by atoms with Crippen LogP contribution in [0.5, 0.6) is 0 Å². The smallest absolute Gasteiger partial charge is 0.0798 e. The first kappa shape index (κ1) is 14.4. The monoisotopic (exact) mass is 468 g/mol. The average Bonchev–Trinajstić information content (AvgIpc) is 2.28. The highest BCUT2D eigenvalue weighted by molar-refractivity contribution is 14.2. The summed E-state index contributed by atoms with van der Waals surface area (Å²) < 4.78 is 10.7. The second-order valence-electron chi connectivity index (χ2n) is 2.77. The highest BCUT2D eigenvalue weighted by Gasteiger charge is 2.01. The van der Waals surface area contributed by atoms with Crippen LogP contribution in [0, 0.1) is 0 Å². The number of halogens is 2. The molecule has 1 unspecified atom stereocenters. The summed E-state index contributed by atoms with van der Waals surface area (Å²) in [6.07, 6.45) is 0.944. The third kappa shape index (κ3) is 6.02. The fourth-order valence-electron chi connectivity index (χ4n) is 1.23. The minimum Gasteiger partial charge on any atom is -0.347 e. The number of hydrogen-bond acceptors (Lipinski definition) is 3. The van der Waals surface area contributed by atoms with Crippen LogP contribution in [-0.2, 0) is 21.7 Å². The molecule has 0 aromatic heterocycles. The first-order valence-electron chi connectivity index (χ1n) is 4.33. The highest BCUT2D eigenvalue weighted by Crippen LogP contribution is 2.25. The van der Waals surface area contributed by atoms with E-state index < -0.39 is 0 Å². The zero-order valence-electron chi connectivity index (χ0n) is 7.91. The van der Waals surface area contributed by atoms with Crippen molar-refractivity contribution < 1.29 is 8.71 Å². The van der Waals surface area contributed by atoms with Gasteiger partial charge in [-0.3, -0.25) is 0 Å². The van der Waals surface area contributed by atoms with Gasteiger partial charge in [-0.1, -0.05) is 24.3 Å². The predicted octanol–water partition coefficient (Wildman–Crippen LogP) is 4.70. The molecule has 0 aliphatic heterocycles. The van der Waals surface area contributed by atoms with E-state index in [1.165, 1.54) is 20.3 Å². The molecular weight excluding hydrogens is 457 g/mol. The first-order valence-corrected chi connectivity index (χ1v) is 11.6. The molecule has 0 saturated heterocycles. The molecule has 1 rings (SSSR count). The maximum Gasteiger partial charge on any atom is 0.0798 e. The van der Waals surface area contributed by atoms with E-state index in [1.54, 1.807) is 0 Å². The lowest BCUT2D eigenvalue weighted by molar-refractivity contribution is 0.354. The van der Waals surface area contributed by atoms with Gasteiger partial charge in [0.2, 0.25) is 0 Å². The second kappa shape index (κ2) is 9.41. The Hall–Kier alpha value is 1.38. The molecule has 6 heteroatoms. The summed E-state index contributed by atoms with van der Waals surface area (Å²) >= 11 is 4.37. The van der Waals surface area contributed by atoms with Crippen molar-refractivity contribution in [3.8, 4) is 0 Å². The number of rotatable bonds is 7. The molecule has 0 N–H and O–H groups in total. The minimum atomic E-state index is 0.516. The van der Waals surface area contributed by atoms with E-state index in [2.05, 4.69) is 61.4 Å². The molecule has 0 aliphatic rings. The summed E-state index contributed by atoms with van der Waals surface area (Å²) in [6.45, 7) is 1.97. The van der Waals surface area contributed by atoms with Gasteiger partial charge in [0, 0.05) is 21.2 Å². The largest absolute Gasteiger partial charge is 0.347 e. The van der Waals surface area contributed by atoms with Crippen molar-refractivity contribution in [2.75, 3.05) is 6.61 Å². The van der Waals surface area contributed by atoms with Crippen LogP contribution in [0.25, 0.3) is 0 Å². The highest BCUT2D eigenvalue weighted by atomic mass is 127. The van der Waals surface area contributed by atoms with Crippen molar-refractivity contribution in [2.45, 2.75) is 13.0 Å². The molecule has 0 saturated carbocycles. The van der Waals surface area contributed by atoms with Gasteiger partial charge in [0.1, 0.15) is 0 Å². The Labute approximate surface area is 121 Å². The Balaban J connectivity index is 2.52. The van der Waals surface area contributed by atoms with Crippen molar-refractivity contribution in [3.05, 3.63) is 35.4 Å². The molecule has 0 amide bonds. The molecular formula is C9H11I2O2PS. The van der Waals surface area contributed by atoms with Gasteiger partial charge in [0.15, 0.2) is 0 Å². The molecule has 0 fully saturated rings. The van der Waals surface area contributed by atoms with E-state index in [9.17, 15) is 0 Å². The van der Waals surface area contributed by atoms with E-state index >= 15 is 0 Å². The van der Waals surface area contributed by atoms with Crippen LogP contribution < -0.4 is 0 Å². The van der Waals surface area contributed by atoms with Gasteiger partial charge >= 0.3 is 0 Å². The first-order chi connectivity index (χ1) is 7.38. The molecule has 0 heterocycles. The lowest BCUT2D eigenvalue weighted by Crippen LogP contribution is -1.98. The van der Waals surface area contributed by atoms with Crippen LogP contribution in [0.1, 0.15) is 11.1 Å². The van der Waals surface area contributed by atoms with E-state index in [0.29, 0.717) is 13.1 Å². The van der Waals surface area contributed by atoms with Gasteiger partial charge in [-0.25, -0.2) is 0 Å². The molecule has 84 valence electrons. The van der Waals surface area contributed by atoms with Crippen molar-refractivity contribution in [1.29, 1.82) is 0 Å². The lowest BCUT2D eigenvalue weighted by atomic mass is 10.1. The summed E-state index contributed by atoms with van der Waals surface area (Å²) in [5, 5.41) is 0. The van der Waals surface area contributed by atoms with Crippen LogP contribution >= 0.6 is 58.9 Å². The summed E-state index contributed by atoms with van der Waals surface area (Å²) in [6, 6.07) is 8.36. The Morgan fingerprint density at radius 3 is 2.67 bits per heavy atom. The Bertz CT molecular complexity index is 289. The second-order valence-corrected chi connectivity index (χ2v) is 5.97. The van der Waals surface area contributed by atoms with E-state index in [1.807, 2.05) is 6.07 Å². The van der Waals surface area contributed by atoms with Gasteiger partial charge in [-0.05, 0) is 39.6 Å². The molecule has 0 spiro atoms. The standard InChI is InChI=1S/C9H11I2O2PS/c10-14-12-7-9-4-2-1-3-8(9)5-6-13-15-11/h1-4,14H,5-7H2. The molecule has 1 aromatic carbocycles. The van der Waals surface area contributed by atoms with Crippen LogP contribution in [-0.4, -0.2) is 6.61 Å². The summed E-state index contributed by atoms with van der Waals surface area (Å²) in [7, 11) is 1.38. The maximum atomic E-state index is 5.43. The Morgan fingerprint density at radius 2 is 2.00 bits per heavy atom. The van der Waals surface area contributed by atoms with Crippen molar-refractivity contribution in [3.63, 3.8) is 0 Å². The molecule has 0 radical (unpaired) electrons. The fraction of sp³-hybridized carbons (Fsp3) is 0.333. The maximum absolute atomic E-state index is 5.43. The third-order valence-corrected chi connectivity index (χ3v) is 4.11. The van der Waals surface area contributed by atoms with Crippen LogP contribution in [0.15, 0.2) is 24.3 Å². The van der Waals surface area contributed by atoms with E-state index in [0.717, 1.165) is 13.0 Å². The van der Waals surface area contributed by atoms with E-state index in [4.69, 9.17) is 8.71 Å². The summed E-state index contributed by atoms with van der Waals surface area (Å²) in [4.78, 5) is 0. The molecule has 0 bridgehead atoms. The van der Waals surface area contributed by atoms with Crippen molar-refractivity contribution in [1.82, 2.24) is 0 Å². The molecule has 1 atom stereocenters. The summed E-state index contributed by atoms with van der Waals surface area (Å²) in [5.41, 5.74) is 2.58. The van der Waals surface area contributed by atoms with Crippen LogP contribution in [0.3, 0.4) is 0 Å². The Kier molecular flexibility index (Phi) is 9.06. The van der Waals surface area contributed by atoms with Gasteiger partial charge in [-0.2, -0.15) is 0 Å². The Morgan fingerprint density at radius 1 is 1.27 bits per heavy atom. The average molecular weight is 468 g/mol. The van der Waals surface area contributed by atoms with Crippen molar-refractivity contribution in [2.24, 2.45) is 0 Å². The van der Waals surface area contributed by atoms with Crippen LogP contribution in [0.2, 0.25) is 0 Å². The zero-order valence-corrected chi connectivity index (χ0v) is 14.0. The molecule has 0 aliphatic carbocycles. The van der Waals surface area contributed by atoms with Crippen LogP contribution in [0.4, 0.5) is 0 Å². The normalized spacial score (nSPS) is 11.3. The SMILES string of the molecule is IPOCc1ccccc1CCOSI. The summed E-state index contributed by atoms with van der Waals surface area (Å²) in [5.74, 6) is 0. The predicted molar refractivity (Wildman–Crippen MR) is 84.8 cm³/mol. The topological polar surface area (TPSA) is 18.5 Å². The lowest BCUT2D eigenvalue weighted by Gasteiger charge is -2.08. The molecule has 15 heavy (non-hydrogen) atoms. The zero-order chi connectivity index (χ0) is 10.9. The molecule has 1 aromatic rings. The van der Waals surface area contributed by atoms with Crippen molar-refractivity contribution >= 4 is 58.9 Å². The quantitative estimate of drug-likeness (QED) is 0.250. The number of hydrogen-bond donors (Lipinski definition) is 0. The van der Waals surface area contributed by atoms with Gasteiger partial charge in [0.05, 0.1) is 28.9 Å². The third-order valence-electron chi connectivity index (χ3n) is 1.90. The fourth-order valence-corrected chi connectivity index (χ4v) is 2.59. The van der Waals surface area contributed by atoms with Gasteiger partial charge < -0.3 is 8.71 Å².